The van der Waals surface area contributed by atoms with Crippen molar-refractivity contribution in [3.63, 3.8) is 0 Å². The Morgan fingerprint density at radius 1 is 1.03 bits per heavy atom. The lowest BCUT2D eigenvalue weighted by molar-refractivity contribution is -0.0704. The van der Waals surface area contributed by atoms with Gasteiger partial charge in [-0.1, -0.05) is 12.1 Å². The summed E-state index contributed by atoms with van der Waals surface area (Å²) in [7, 11) is 1.88. The van der Waals surface area contributed by atoms with Gasteiger partial charge in [-0.05, 0) is 74.7 Å². The fourth-order valence-electron chi connectivity index (χ4n) is 4.94. The van der Waals surface area contributed by atoms with Gasteiger partial charge >= 0.3 is 0 Å². The van der Waals surface area contributed by atoms with Crippen LogP contribution in [-0.4, -0.2) is 55.9 Å². The maximum Gasteiger partial charge on any atom is 0.255 e. The minimum Gasteiger partial charge on any atom is -0.373 e. The summed E-state index contributed by atoms with van der Waals surface area (Å²) in [5.74, 6) is 0.328. The number of nitrogens with zero attached hydrogens (tertiary/aromatic N) is 5. The van der Waals surface area contributed by atoms with Crippen molar-refractivity contribution in [3.05, 3.63) is 83.3 Å². The Balaban J connectivity index is 1.24. The molecule has 1 amide bonds. The van der Waals surface area contributed by atoms with Crippen molar-refractivity contribution in [1.29, 1.82) is 0 Å². The van der Waals surface area contributed by atoms with Crippen LogP contribution in [0.2, 0.25) is 0 Å². The second-order valence-electron chi connectivity index (χ2n) is 10.4. The Hall–Kier alpha value is -4.08. The van der Waals surface area contributed by atoms with Gasteiger partial charge in [-0.2, -0.15) is 5.10 Å². The molecule has 4 aromatic rings. The minimum absolute atomic E-state index is 0.152. The number of aromatic nitrogens is 4. The molecule has 2 N–H and O–H groups in total. The van der Waals surface area contributed by atoms with E-state index in [0.717, 1.165) is 53.4 Å². The number of hydrogen-bond acceptors (Lipinski definition) is 7. The fraction of sp³-hybridized carbons (Fsp3) is 0.333. The zero-order valence-corrected chi connectivity index (χ0v) is 23.1. The van der Waals surface area contributed by atoms with Crippen molar-refractivity contribution in [1.82, 2.24) is 24.6 Å². The molecule has 1 aliphatic heterocycles. The molecule has 2 aromatic carbocycles. The molecule has 2 atom stereocenters. The molecule has 2 aromatic heterocycles. The van der Waals surface area contributed by atoms with Crippen molar-refractivity contribution in [2.24, 2.45) is 7.05 Å². The van der Waals surface area contributed by atoms with Crippen LogP contribution in [0.4, 0.5) is 17.3 Å². The third-order valence-electron chi connectivity index (χ3n) is 6.80. The van der Waals surface area contributed by atoms with Gasteiger partial charge in [-0.15, -0.1) is 0 Å². The van der Waals surface area contributed by atoms with Crippen molar-refractivity contribution < 1.29 is 9.53 Å². The monoisotopic (exact) mass is 525 g/mol. The molecule has 0 spiro atoms. The lowest BCUT2D eigenvalue weighted by atomic mass is 10.1. The number of morpholine rings is 1. The van der Waals surface area contributed by atoms with Crippen molar-refractivity contribution in [2.45, 2.75) is 46.4 Å². The highest BCUT2D eigenvalue weighted by atomic mass is 16.5. The normalized spacial score (nSPS) is 17.7. The first kappa shape index (κ1) is 26.5. The van der Waals surface area contributed by atoms with E-state index >= 15 is 0 Å². The molecule has 1 aliphatic rings. The Morgan fingerprint density at radius 2 is 1.77 bits per heavy atom. The van der Waals surface area contributed by atoms with Crippen LogP contribution in [0.25, 0.3) is 11.3 Å². The molecular weight excluding hydrogens is 490 g/mol. The lowest BCUT2D eigenvalue weighted by Crippen LogP contribution is -2.44. The van der Waals surface area contributed by atoms with Crippen LogP contribution in [0.15, 0.2) is 61.1 Å². The summed E-state index contributed by atoms with van der Waals surface area (Å²) < 4.78 is 7.60. The van der Waals surface area contributed by atoms with E-state index in [-0.39, 0.29) is 18.1 Å². The molecule has 0 aliphatic carbocycles. The lowest BCUT2D eigenvalue weighted by Gasteiger charge is -2.35. The largest absolute Gasteiger partial charge is 0.373 e. The van der Waals surface area contributed by atoms with Gasteiger partial charge in [0.25, 0.3) is 5.91 Å². The smallest absolute Gasteiger partial charge is 0.255 e. The van der Waals surface area contributed by atoms with Crippen LogP contribution in [0.3, 0.4) is 0 Å². The van der Waals surface area contributed by atoms with E-state index < -0.39 is 0 Å². The second kappa shape index (κ2) is 11.3. The highest BCUT2D eigenvalue weighted by molar-refractivity contribution is 6.04. The number of carbonyl (C=O) groups excluding carboxylic acids is 1. The van der Waals surface area contributed by atoms with E-state index in [1.807, 2.05) is 39.2 Å². The Morgan fingerprint density at radius 3 is 2.46 bits per heavy atom. The highest BCUT2D eigenvalue weighted by Crippen LogP contribution is 2.24. The third-order valence-corrected chi connectivity index (χ3v) is 6.80. The first-order valence-corrected chi connectivity index (χ1v) is 13.2. The number of amides is 1. The first-order valence-electron chi connectivity index (χ1n) is 13.2. The second-order valence-corrected chi connectivity index (χ2v) is 10.4. The van der Waals surface area contributed by atoms with E-state index in [1.54, 1.807) is 29.2 Å². The third kappa shape index (κ3) is 6.50. The molecule has 0 unspecified atom stereocenters. The molecule has 9 nitrogen and oxygen atoms in total. The van der Waals surface area contributed by atoms with Gasteiger partial charge in [-0.3, -0.25) is 14.4 Å². The predicted molar refractivity (Wildman–Crippen MR) is 153 cm³/mol. The molecule has 0 radical (unpaired) electrons. The predicted octanol–water partition coefficient (Wildman–Crippen LogP) is 5.10. The average Bonchev–Trinajstić information content (AvgIpc) is 3.33. The van der Waals surface area contributed by atoms with Crippen molar-refractivity contribution in [2.75, 3.05) is 23.7 Å². The summed E-state index contributed by atoms with van der Waals surface area (Å²) in [4.78, 5) is 24.6. The van der Waals surface area contributed by atoms with Gasteiger partial charge in [0.1, 0.15) is 0 Å². The van der Waals surface area contributed by atoms with Crippen LogP contribution >= 0.6 is 0 Å². The molecule has 0 bridgehead atoms. The number of rotatable bonds is 7. The summed E-state index contributed by atoms with van der Waals surface area (Å²) in [6, 6.07) is 13.6. The number of carbonyl (C=O) groups is 1. The zero-order valence-electron chi connectivity index (χ0n) is 23.1. The van der Waals surface area contributed by atoms with Crippen LogP contribution in [0.5, 0.6) is 0 Å². The molecule has 39 heavy (non-hydrogen) atoms. The molecule has 202 valence electrons. The maximum atomic E-state index is 13.1. The summed E-state index contributed by atoms with van der Waals surface area (Å²) in [5.41, 5.74) is 7.10. The highest BCUT2D eigenvalue weighted by Gasteiger charge is 2.22. The average molecular weight is 526 g/mol. The molecule has 3 heterocycles. The molecule has 5 rings (SSSR count). The number of anilines is 3. The molecule has 1 saturated heterocycles. The molecule has 1 fully saturated rings. The SMILES string of the molecule is Cc1ccc(CN2C[C@@H](C)O[C@@H](C)C2)cc1NC(=O)c1ccc(Nc2ncc(C)c(-c3cnn(C)c3)n2)cc1. The van der Waals surface area contributed by atoms with Crippen LogP contribution in [0.1, 0.15) is 40.9 Å². The van der Waals surface area contributed by atoms with Crippen LogP contribution in [-0.2, 0) is 18.3 Å². The van der Waals surface area contributed by atoms with E-state index in [2.05, 4.69) is 62.6 Å². The Labute approximate surface area is 229 Å². The van der Waals surface area contributed by atoms with Crippen LogP contribution < -0.4 is 10.6 Å². The van der Waals surface area contributed by atoms with Gasteiger partial charge in [0.15, 0.2) is 0 Å². The van der Waals surface area contributed by atoms with Crippen molar-refractivity contribution >= 4 is 23.2 Å². The number of nitrogens with one attached hydrogen (secondary N) is 2. The summed E-state index contributed by atoms with van der Waals surface area (Å²) >= 11 is 0. The summed E-state index contributed by atoms with van der Waals surface area (Å²) in [5, 5.41) is 10.6. The first-order chi connectivity index (χ1) is 18.7. The zero-order chi connectivity index (χ0) is 27.5. The fourth-order valence-corrected chi connectivity index (χ4v) is 4.94. The number of hydrogen-bond donors (Lipinski definition) is 2. The summed E-state index contributed by atoms with van der Waals surface area (Å²) in [6.45, 7) is 10.8. The van der Waals surface area contributed by atoms with E-state index in [1.165, 1.54) is 5.56 Å². The quantitative estimate of drug-likeness (QED) is 0.347. The van der Waals surface area contributed by atoms with Gasteiger partial charge in [0, 0.05) is 61.6 Å². The summed E-state index contributed by atoms with van der Waals surface area (Å²) in [6.07, 6.45) is 5.94. The Kier molecular flexibility index (Phi) is 7.72. The number of aryl methyl sites for hydroxylation is 3. The topological polar surface area (TPSA) is 97.2 Å². The van der Waals surface area contributed by atoms with Gasteiger partial charge < -0.3 is 15.4 Å². The molecule has 0 saturated carbocycles. The molecule has 9 heteroatoms. The van der Waals surface area contributed by atoms with E-state index in [4.69, 9.17) is 4.74 Å². The molecular formula is C30H35N7O2. The van der Waals surface area contributed by atoms with Crippen LogP contribution in [0, 0.1) is 13.8 Å². The number of benzene rings is 2. The standard InChI is InChI=1S/C30H35N7O2/c1-19-6-7-23(17-37-15-21(3)39-22(4)16-37)12-27(19)34-29(38)24-8-10-26(11-9-24)33-30-31-13-20(2)28(35-30)25-14-32-36(5)18-25/h6-14,18,21-22H,15-17H2,1-5H3,(H,34,38)(H,31,33,35)/t21-,22+. The van der Waals surface area contributed by atoms with Gasteiger partial charge in [0.2, 0.25) is 5.95 Å². The van der Waals surface area contributed by atoms with Crippen molar-refractivity contribution in [3.8, 4) is 11.3 Å². The Bertz CT molecular complexity index is 1450. The van der Waals surface area contributed by atoms with Gasteiger partial charge in [0.05, 0.1) is 24.1 Å². The minimum atomic E-state index is -0.152. The number of ether oxygens (including phenoxy) is 1. The van der Waals surface area contributed by atoms with E-state index in [0.29, 0.717) is 11.5 Å². The van der Waals surface area contributed by atoms with E-state index in [9.17, 15) is 4.79 Å². The maximum absolute atomic E-state index is 13.1. The van der Waals surface area contributed by atoms with Gasteiger partial charge in [-0.25, -0.2) is 9.97 Å².